The molecule has 1 unspecified atom stereocenters. The summed E-state index contributed by atoms with van der Waals surface area (Å²) in [6, 6.07) is 7.85. The van der Waals surface area contributed by atoms with Gasteiger partial charge < -0.3 is 19.4 Å². The second-order valence-electron chi connectivity index (χ2n) is 9.44. The number of ether oxygens (including phenoxy) is 2. The van der Waals surface area contributed by atoms with Gasteiger partial charge in [-0.1, -0.05) is 41.9 Å². The molecule has 1 heterocycles. The molecule has 2 aromatic carbocycles. The first kappa shape index (κ1) is 29.3. The van der Waals surface area contributed by atoms with Gasteiger partial charge in [-0.05, 0) is 75.3 Å². The first-order valence-electron chi connectivity index (χ1n) is 12.7. The van der Waals surface area contributed by atoms with E-state index in [0.717, 1.165) is 27.1 Å². The highest BCUT2D eigenvalue weighted by atomic mass is 31.1. The topological polar surface area (TPSA) is 114 Å². The number of nitrogens with one attached hydrogen (secondary N) is 1. The number of carbonyl (C=O) groups excluding carboxylic acids is 2. The molecule has 3 rings (SSSR count). The Hall–Kier alpha value is -3.26. The van der Waals surface area contributed by atoms with Crippen molar-refractivity contribution < 1.29 is 33.6 Å². The van der Waals surface area contributed by atoms with Crippen LogP contribution in [0.5, 0.6) is 11.5 Å². The summed E-state index contributed by atoms with van der Waals surface area (Å²) in [5.74, 6) is -0.663. The van der Waals surface area contributed by atoms with Gasteiger partial charge in [-0.3, -0.25) is 4.79 Å². The van der Waals surface area contributed by atoms with E-state index in [9.17, 15) is 19.3 Å². The van der Waals surface area contributed by atoms with Crippen molar-refractivity contribution in [2.75, 3.05) is 6.54 Å². The number of para-hydroxylation sites is 1. The summed E-state index contributed by atoms with van der Waals surface area (Å²) in [5, 5.41) is 13.8. The standard InChI is InChI=1S/C28H35N2O7P/c1-7-22-19(5)24-16-35-28(33)25(24)26(31)23(22)14-13-18(4)15-29-38(34)30(20(6)27(32)36-17(2)3)37-21-11-9-8-10-12-21/h8-13,17,20H,7,14-16H2,1-6H3,(H-,29,31,33,34)/p+1/t20-/m0/s1. The van der Waals surface area contributed by atoms with Crippen molar-refractivity contribution in [3.05, 3.63) is 69.8 Å². The van der Waals surface area contributed by atoms with Crippen LogP contribution in [0.4, 0.5) is 0 Å². The SMILES string of the molecule is CCc1c(C)c2c(c(O)c1CC=C(C)CN[P+](=O)N(Oc1ccccc1)[C@@H](C)C(=O)OC(C)C)C(=O)OC2. The molecule has 2 atom stereocenters. The van der Waals surface area contributed by atoms with Crippen molar-refractivity contribution >= 4 is 20.0 Å². The number of benzene rings is 2. The van der Waals surface area contributed by atoms with Gasteiger partial charge >= 0.3 is 20.0 Å². The zero-order chi connectivity index (χ0) is 28.0. The molecule has 10 heteroatoms. The molecule has 1 aliphatic rings. The molecule has 0 saturated heterocycles. The van der Waals surface area contributed by atoms with Crippen LogP contribution in [-0.4, -0.2) is 40.6 Å². The fourth-order valence-corrected chi connectivity index (χ4v) is 5.34. The summed E-state index contributed by atoms with van der Waals surface area (Å²) in [7, 11) is -2.33. The maximum absolute atomic E-state index is 13.2. The van der Waals surface area contributed by atoms with Gasteiger partial charge in [0.25, 0.3) is 0 Å². The Morgan fingerprint density at radius 2 is 1.92 bits per heavy atom. The molecule has 204 valence electrons. The van der Waals surface area contributed by atoms with Gasteiger partial charge in [0.2, 0.25) is 0 Å². The van der Waals surface area contributed by atoms with E-state index in [1.54, 1.807) is 45.0 Å². The van der Waals surface area contributed by atoms with Gasteiger partial charge in [-0.2, -0.15) is 0 Å². The molecule has 0 aliphatic carbocycles. The zero-order valence-electron chi connectivity index (χ0n) is 22.7. The minimum Gasteiger partial charge on any atom is -0.507 e. The normalized spacial score (nSPS) is 14.4. The van der Waals surface area contributed by atoms with Crippen molar-refractivity contribution in [2.24, 2.45) is 0 Å². The van der Waals surface area contributed by atoms with E-state index in [0.29, 0.717) is 24.2 Å². The number of hydrogen-bond acceptors (Lipinski definition) is 7. The van der Waals surface area contributed by atoms with E-state index in [1.807, 2.05) is 32.9 Å². The lowest BCUT2D eigenvalue weighted by Crippen LogP contribution is -2.40. The Bertz CT molecular complexity index is 1230. The second-order valence-corrected chi connectivity index (χ2v) is 10.7. The van der Waals surface area contributed by atoms with Gasteiger partial charge in [0.1, 0.15) is 22.8 Å². The Morgan fingerprint density at radius 1 is 1.24 bits per heavy atom. The molecule has 0 amide bonds. The number of nitrogens with zero attached hydrogens (tertiary/aromatic N) is 1. The van der Waals surface area contributed by atoms with E-state index in [1.165, 1.54) is 0 Å². The van der Waals surface area contributed by atoms with Crippen LogP contribution in [0.15, 0.2) is 42.0 Å². The Labute approximate surface area is 224 Å². The number of fused-ring (bicyclic) bond motifs is 1. The maximum atomic E-state index is 13.2. The lowest BCUT2D eigenvalue weighted by atomic mass is 9.89. The molecule has 1 aliphatic heterocycles. The average Bonchev–Trinajstić information content (AvgIpc) is 3.28. The second kappa shape index (κ2) is 13.0. The van der Waals surface area contributed by atoms with E-state index in [-0.39, 0.29) is 30.6 Å². The molecule has 2 aromatic rings. The molecule has 2 N–H and O–H groups in total. The molecule has 38 heavy (non-hydrogen) atoms. The summed E-state index contributed by atoms with van der Waals surface area (Å²) in [5.41, 5.74) is 4.49. The largest absolute Gasteiger partial charge is 0.572 e. The first-order valence-corrected chi connectivity index (χ1v) is 13.9. The Balaban J connectivity index is 1.74. The molecule has 0 bridgehead atoms. The van der Waals surface area contributed by atoms with Crippen molar-refractivity contribution in [3.8, 4) is 11.5 Å². The number of aromatic hydroxyl groups is 1. The predicted molar refractivity (Wildman–Crippen MR) is 144 cm³/mol. The third-order valence-electron chi connectivity index (χ3n) is 6.29. The smallest absolute Gasteiger partial charge is 0.507 e. The fraction of sp³-hybridized carbons (Fsp3) is 0.429. The van der Waals surface area contributed by atoms with Crippen LogP contribution >= 0.6 is 8.10 Å². The maximum Gasteiger partial charge on any atom is 0.572 e. The molecule has 0 spiro atoms. The molecule has 0 aromatic heterocycles. The number of cyclic esters (lactones) is 1. The van der Waals surface area contributed by atoms with Crippen molar-refractivity contribution in [1.29, 1.82) is 0 Å². The molecular formula is C28H36N2O7P+. The Morgan fingerprint density at radius 3 is 2.55 bits per heavy atom. The summed E-state index contributed by atoms with van der Waals surface area (Å²) >= 11 is 0. The minimum absolute atomic E-state index is 0.0343. The molecule has 0 saturated carbocycles. The van der Waals surface area contributed by atoms with Gasteiger partial charge in [0.15, 0.2) is 11.8 Å². The van der Waals surface area contributed by atoms with Crippen LogP contribution in [-0.2, 0) is 38.3 Å². The minimum atomic E-state index is -2.33. The van der Waals surface area contributed by atoms with Gasteiger partial charge in [0.05, 0.1) is 12.6 Å². The molecule has 0 radical (unpaired) electrons. The van der Waals surface area contributed by atoms with Crippen LogP contribution in [0.1, 0.15) is 67.2 Å². The summed E-state index contributed by atoms with van der Waals surface area (Å²) < 4.78 is 23.7. The molecular weight excluding hydrogens is 507 g/mol. The predicted octanol–water partition coefficient (Wildman–Crippen LogP) is 5.31. The number of phenolic OH excluding ortho intramolecular Hbond substituents is 1. The quantitative estimate of drug-likeness (QED) is 0.159. The van der Waals surface area contributed by atoms with E-state index < -0.39 is 26.1 Å². The number of allylic oxidation sites excluding steroid dienone is 1. The summed E-state index contributed by atoms with van der Waals surface area (Å²) in [6.45, 7) is 11.3. The van der Waals surface area contributed by atoms with E-state index in [2.05, 4.69) is 5.09 Å². The van der Waals surface area contributed by atoms with Crippen LogP contribution in [0, 0.1) is 6.92 Å². The van der Waals surface area contributed by atoms with E-state index in [4.69, 9.17) is 14.3 Å². The molecule has 0 fully saturated rings. The fourth-order valence-electron chi connectivity index (χ4n) is 4.24. The van der Waals surface area contributed by atoms with Crippen LogP contribution in [0.3, 0.4) is 0 Å². The Kier molecular flexibility index (Phi) is 10.0. The van der Waals surface area contributed by atoms with Gasteiger partial charge in [-0.15, -0.1) is 0 Å². The zero-order valence-corrected chi connectivity index (χ0v) is 23.6. The third-order valence-corrected chi connectivity index (χ3v) is 7.51. The van der Waals surface area contributed by atoms with Crippen molar-refractivity contribution in [2.45, 2.75) is 73.1 Å². The highest BCUT2D eigenvalue weighted by Crippen LogP contribution is 2.38. The van der Waals surface area contributed by atoms with Crippen LogP contribution in [0.25, 0.3) is 0 Å². The number of hydroxylamine groups is 1. The number of hydrogen-bond donors (Lipinski definition) is 2. The monoisotopic (exact) mass is 543 g/mol. The highest BCUT2D eigenvalue weighted by Gasteiger charge is 2.41. The van der Waals surface area contributed by atoms with E-state index >= 15 is 0 Å². The van der Waals surface area contributed by atoms with Crippen LogP contribution in [0.2, 0.25) is 0 Å². The number of rotatable bonds is 12. The van der Waals surface area contributed by atoms with Gasteiger partial charge in [0, 0.05) is 11.1 Å². The lowest BCUT2D eigenvalue weighted by Gasteiger charge is -2.19. The third kappa shape index (κ3) is 6.78. The van der Waals surface area contributed by atoms with Crippen LogP contribution < -0.4 is 9.92 Å². The first-order chi connectivity index (χ1) is 18.0. The summed E-state index contributed by atoms with van der Waals surface area (Å²) in [4.78, 5) is 31.6. The summed E-state index contributed by atoms with van der Waals surface area (Å²) in [6.07, 6.45) is 2.68. The number of carbonyl (C=O) groups is 2. The molecule has 9 nitrogen and oxygen atoms in total. The average molecular weight is 544 g/mol. The number of phenols is 1. The number of esters is 2. The van der Waals surface area contributed by atoms with Gasteiger partial charge in [-0.25, -0.2) is 4.79 Å². The highest BCUT2D eigenvalue weighted by molar-refractivity contribution is 7.39. The van der Waals surface area contributed by atoms with Crippen molar-refractivity contribution in [1.82, 2.24) is 9.92 Å². The lowest BCUT2D eigenvalue weighted by molar-refractivity contribution is -0.158. The van der Waals surface area contributed by atoms with Crippen molar-refractivity contribution in [3.63, 3.8) is 0 Å².